The third kappa shape index (κ3) is 35.0. The maximum atomic E-state index is 11.7. The molecule has 1 aromatic rings. The number of aliphatic hydroxyl groups excluding tert-OH is 1. The molecule has 0 saturated carbocycles. The quantitative estimate of drug-likeness (QED) is 0.178. The van der Waals surface area contributed by atoms with Crippen molar-refractivity contribution in [2.75, 3.05) is 20.2 Å². The molecule has 1 saturated heterocycles. The first-order valence-corrected chi connectivity index (χ1v) is 14.5. The number of rotatable bonds is 10. The lowest BCUT2D eigenvalue weighted by Crippen LogP contribution is -2.44. The van der Waals surface area contributed by atoms with E-state index in [9.17, 15) is 14.4 Å². The summed E-state index contributed by atoms with van der Waals surface area (Å²) in [5, 5.41) is 22.1. The molecule has 2 unspecified atom stereocenters. The SMILES string of the molecule is CC.CC(C)(C)CCCC=O.CC1CCNC1.CCCC(NC(=O)CCc1ccc(O)cc1)C(N)=O.CO.NC=O. The number of aromatic hydroxyl groups is 1. The first kappa shape index (κ1) is 45.0. The predicted molar refractivity (Wildman–Crippen MR) is 168 cm³/mol. The molecule has 0 radical (unpaired) electrons. The third-order valence-corrected chi connectivity index (χ3v) is 5.39. The number of carbonyl (C=O) groups is 4. The van der Waals surface area contributed by atoms with E-state index in [1.165, 1.54) is 19.5 Å². The predicted octanol–water partition coefficient (Wildman–Crippen LogP) is 3.85. The number of unbranched alkanes of at least 4 members (excludes halogenated alkanes) is 1. The Kier molecular flexibility index (Phi) is 34.6. The van der Waals surface area contributed by atoms with Crippen LogP contribution in [0.3, 0.4) is 0 Å². The number of phenols is 1. The topological polar surface area (TPSA) is 185 Å². The van der Waals surface area contributed by atoms with Crippen molar-refractivity contribution in [3.8, 4) is 5.75 Å². The molecule has 1 aliphatic heterocycles. The number of phenolic OH excluding ortho intramolecular Hbond substituents is 1. The van der Waals surface area contributed by atoms with E-state index in [1.807, 2.05) is 20.8 Å². The Labute approximate surface area is 249 Å². The molecular weight excluding hydrogens is 524 g/mol. The molecule has 10 nitrogen and oxygen atoms in total. The van der Waals surface area contributed by atoms with Crippen molar-refractivity contribution in [3.63, 3.8) is 0 Å². The zero-order valence-corrected chi connectivity index (χ0v) is 26.9. The van der Waals surface area contributed by atoms with Gasteiger partial charge in [0.25, 0.3) is 0 Å². The summed E-state index contributed by atoms with van der Waals surface area (Å²) in [6.45, 7) is 17.3. The standard InChI is InChI=1S/C14H20N2O3.C8H16O.C5H11N.C2H6.CH3NO.CH4O/c1-2-3-12(14(15)19)16-13(18)9-6-10-4-7-11(17)8-5-10;1-8(2,3)6-4-5-7-9;1-5-2-3-6-4-5;1-2;2-1-3;1-2/h4-5,7-8,12,17H,2-3,6,9H2,1H3,(H2,15,19)(H,16,18);7H,4-6H2,1-3H3;5-6H,2-4H2,1H3;1-2H3;1H,(H2,2,3);2H,1H3. The van der Waals surface area contributed by atoms with Gasteiger partial charge in [0.2, 0.25) is 18.2 Å². The fraction of sp³-hybridized carbons (Fsp3) is 0.677. The molecule has 1 fully saturated rings. The van der Waals surface area contributed by atoms with E-state index in [0.29, 0.717) is 18.3 Å². The van der Waals surface area contributed by atoms with Gasteiger partial charge in [-0.05, 0) is 74.2 Å². The Morgan fingerprint density at radius 3 is 2.02 bits per heavy atom. The number of nitrogens with two attached hydrogens (primary N) is 2. The van der Waals surface area contributed by atoms with Gasteiger partial charge in [-0.2, -0.15) is 0 Å². The van der Waals surface area contributed by atoms with Crippen molar-refractivity contribution in [2.24, 2.45) is 22.8 Å². The molecule has 1 aromatic carbocycles. The monoisotopic (exact) mass is 584 g/mol. The number of hydrogen-bond acceptors (Lipinski definition) is 7. The van der Waals surface area contributed by atoms with Gasteiger partial charge in [-0.25, -0.2) is 0 Å². The average molecular weight is 585 g/mol. The van der Waals surface area contributed by atoms with Crippen LogP contribution in [-0.2, 0) is 25.6 Å². The van der Waals surface area contributed by atoms with E-state index in [1.54, 1.807) is 24.3 Å². The Bertz CT molecular complexity index is 746. The molecule has 240 valence electrons. The summed E-state index contributed by atoms with van der Waals surface area (Å²) in [4.78, 5) is 41.3. The Morgan fingerprint density at radius 2 is 1.68 bits per heavy atom. The first-order valence-electron chi connectivity index (χ1n) is 14.5. The van der Waals surface area contributed by atoms with Crippen LogP contribution in [0.15, 0.2) is 24.3 Å². The summed E-state index contributed by atoms with van der Waals surface area (Å²) >= 11 is 0. The van der Waals surface area contributed by atoms with Crippen molar-refractivity contribution in [2.45, 2.75) is 106 Å². The van der Waals surface area contributed by atoms with E-state index in [2.05, 4.69) is 44.1 Å². The van der Waals surface area contributed by atoms with Gasteiger partial charge in [0, 0.05) is 20.0 Å². The van der Waals surface area contributed by atoms with Crippen molar-refractivity contribution in [1.82, 2.24) is 10.6 Å². The van der Waals surface area contributed by atoms with Crippen LogP contribution in [0.25, 0.3) is 0 Å². The Balaban J connectivity index is -0.000000257. The molecule has 0 aliphatic carbocycles. The highest BCUT2D eigenvalue weighted by Gasteiger charge is 2.16. The second kappa shape index (κ2) is 31.5. The molecule has 41 heavy (non-hydrogen) atoms. The highest BCUT2D eigenvalue weighted by molar-refractivity contribution is 5.86. The van der Waals surface area contributed by atoms with Gasteiger partial charge in [-0.3, -0.25) is 14.4 Å². The summed E-state index contributed by atoms with van der Waals surface area (Å²) < 4.78 is 0. The van der Waals surface area contributed by atoms with Crippen LogP contribution in [0, 0.1) is 11.3 Å². The molecular formula is C31H60N4O6. The lowest BCUT2D eigenvalue weighted by molar-refractivity contribution is -0.127. The molecule has 0 spiro atoms. The minimum atomic E-state index is -0.586. The second-order valence-corrected chi connectivity index (χ2v) is 10.3. The van der Waals surface area contributed by atoms with E-state index in [0.717, 1.165) is 50.6 Å². The molecule has 2 atom stereocenters. The Hall–Kier alpha value is -2.98. The van der Waals surface area contributed by atoms with Crippen LogP contribution < -0.4 is 22.1 Å². The molecule has 10 heteroatoms. The zero-order valence-electron chi connectivity index (χ0n) is 26.9. The normalized spacial score (nSPS) is 13.6. The fourth-order valence-electron chi connectivity index (χ4n) is 3.28. The fourth-order valence-corrected chi connectivity index (χ4v) is 3.28. The van der Waals surface area contributed by atoms with Gasteiger partial charge >= 0.3 is 0 Å². The average Bonchev–Trinajstić information content (AvgIpc) is 3.42. The van der Waals surface area contributed by atoms with Crippen molar-refractivity contribution in [1.29, 1.82) is 0 Å². The van der Waals surface area contributed by atoms with Gasteiger partial charge in [0.1, 0.15) is 18.1 Å². The van der Waals surface area contributed by atoms with Crippen LogP contribution in [0.4, 0.5) is 0 Å². The molecule has 2 rings (SSSR count). The lowest BCUT2D eigenvalue weighted by Gasteiger charge is -2.16. The number of aryl methyl sites for hydroxylation is 1. The molecule has 3 amide bonds. The van der Waals surface area contributed by atoms with E-state index in [4.69, 9.17) is 20.7 Å². The Morgan fingerprint density at radius 1 is 1.15 bits per heavy atom. The second-order valence-electron chi connectivity index (χ2n) is 10.3. The number of carbonyl (C=O) groups excluding carboxylic acids is 4. The lowest BCUT2D eigenvalue weighted by atomic mass is 9.90. The number of amides is 3. The summed E-state index contributed by atoms with van der Waals surface area (Å²) in [6, 6.07) is 6.10. The van der Waals surface area contributed by atoms with Crippen molar-refractivity contribution >= 4 is 24.5 Å². The van der Waals surface area contributed by atoms with Gasteiger partial charge in [-0.1, -0.05) is 67.0 Å². The van der Waals surface area contributed by atoms with Crippen molar-refractivity contribution in [3.05, 3.63) is 29.8 Å². The molecule has 1 heterocycles. The molecule has 0 aromatic heterocycles. The first-order chi connectivity index (χ1) is 19.4. The maximum absolute atomic E-state index is 11.7. The molecule has 0 bridgehead atoms. The van der Waals surface area contributed by atoms with Gasteiger partial charge in [-0.15, -0.1) is 0 Å². The summed E-state index contributed by atoms with van der Waals surface area (Å²) in [5.41, 5.74) is 10.7. The number of aliphatic hydroxyl groups is 1. The van der Waals surface area contributed by atoms with Crippen molar-refractivity contribution < 1.29 is 29.4 Å². The van der Waals surface area contributed by atoms with Crippen LogP contribution in [0.2, 0.25) is 0 Å². The largest absolute Gasteiger partial charge is 0.508 e. The highest BCUT2D eigenvalue weighted by atomic mass is 16.3. The number of nitrogens with one attached hydrogen (secondary N) is 2. The summed E-state index contributed by atoms with van der Waals surface area (Å²) in [5.74, 6) is 0.445. The third-order valence-electron chi connectivity index (χ3n) is 5.39. The number of benzene rings is 1. The molecule has 8 N–H and O–H groups in total. The summed E-state index contributed by atoms with van der Waals surface area (Å²) in [6.07, 6.45) is 7.70. The minimum Gasteiger partial charge on any atom is -0.508 e. The maximum Gasteiger partial charge on any atom is 0.239 e. The van der Waals surface area contributed by atoms with E-state index < -0.39 is 11.9 Å². The molecule has 1 aliphatic rings. The van der Waals surface area contributed by atoms with Crippen LogP contribution in [0.5, 0.6) is 5.75 Å². The smallest absolute Gasteiger partial charge is 0.239 e. The van der Waals surface area contributed by atoms with Gasteiger partial charge in [0.05, 0.1) is 0 Å². The van der Waals surface area contributed by atoms with E-state index in [-0.39, 0.29) is 24.5 Å². The van der Waals surface area contributed by atoms with E-state index >= 15 is 0 Å². The van der Waals surface area contributed by atoms with Crippen LogP contribution in [0.1, 0.15) is 99.0 Å². The minimum absolute atomic E-state index is 0.190. The summed E-state index contributed by atoms with van der Waals surface area (Å²) in [7, 11) is 1.00. The number of primary amides is 2. The van der Waals surface area contributed by atoms with Crippen LogP contribution in [-0.4, -0.2) is 61.0 Å². The van der Waals surface area contributed by atoms with Gasteiger partial charge < -0.3 is 37.1 Å². The number of aldehydes is 1. The van der Waals surface area contributed by atoms with Crippen LogP contribution >= 0.6 is 0 Å². The zero-order chi connectivity index (χ0) is 32.7. The van der Waals surface area contributed by atoms with Gasteiger partial charge in [0.15, 0.2) is 0 Å². The highest BCUT2D eigenvalue weighted by Crippen LogP contribution is 2.20. The number of hydrogen-bond donors (Lipinski definition) is 6.